The number of ether oxygens (including phenoxy) is 1. The van der Waals surface area contributed by atoms with Gasteiger partial charge in [0.1, 0.15) is 11.8 Å². The van der Waals surface area contributed by atoms with Gasteiger partial charge in [0.2, 0.25) is 5.91 Å². The van der Waals surface area contributed by atoms with Crippen LogP contribution in [-0.2, 0) is 4.79 Å². The second-order valence-electron chi connectivity index (χ2n) is 8.52. The summed E-state index contributed by atoms with van der Waals surface area (Å²) in [4.78, 5) is 39.4. The van der Waals surface area contributed by atoms with Crippen molar-refractivity contribution >= 4 is 40.2 Å². The fourth-order valence-electron chi connectivity index (χ4n) is 4.65. The number of fused-ring (bicyclic) bond motifs is 2. The number of anilines is 2. The van der Waals surface area contributed by atoms with E-state index in [1.54, 1.807) is 24.3 Å². The van der Waals surface area contributed by atoms with E-state index in [4.69, 9.17) is 5.73 Å². The minimum Gasteiger partial charge on any atom is -0.406 e. The summed E-state index contributed by atoms with van der Waals surface area (Å²) in [6.45, 7) is 0.361. The van der Waals surface area contributed by atoms with Gasteiger partial charge in [0, 0.05) is 29.9 Å². The summed E-state index contributed by atoms with van der Waals surface area (Å²) in [7, 11) is 0. The third-order valence-electron chi connectivity index (χ3n) is 6.21. The van der Waals surface area contributed by atoms with E-state index >= 15 is 0 Å². The lowest BCUT2D eigenvalue weighted by Gasteiger charge is -2.27. The summed E-state index contributed by atoms with van der Waals surface area (Å²) < 4.78 is 42.7. The molecular weight excluding hydrogens is 467 g/mol. The minimum atomic E-state index is -4.86. The number of urea groups is 1. The average Bonchev–Trinajstić information content (AvgIpc) is 3.28. The first kappa shape index (κ1) is 22.6. The largest absolute Gasteiger partial charge is 0.573 e. The van der Waals surface area contributed by atoms with Crippen LogP contribution in [-0.4, -0.2) is 46.4 Å². The van der Waals surface area contributed by atoms with E-state index in [0.717, 1.165) is 18.6 Å². The summed E-state index contributed by atoms with van der Waals surface area (Å²) in [6.07, 6.45) is -2.66. The van der Waals surface area contributed by atoms with Crippen molar-refractivity contribution in [2.75, 3.05) is 17.2 Å². The number of amides is 4. The van der Waals surface area contributed by atoms with Gasteiger partial charge < -0.3 is 26.0 Å². The van der Waals surface area contributed by atoms with Gasteiger partial charge in [0.15, 0.2) is 0 Å². The average molecular weight is 487 g/mol. The third-order valence-corrected chi connectivity index (χ3v) is 6.21. The number of nitrogens with one attached hydrogen (secondary N) is 2. The Kier molecular flexibility index (Phi) is 5.30. The normalized spacial score (nSPS) is 20.9. The maximum Gasteiger partial charge on any atom is 0.573 e. The number of nitrogens with zero attached hydrogens (tertiary/aromatic N) is 2. The van der Waals surface area contributed by atoms with Gasteiger partial charge in [-0.1, -0.05) is 24.3 Å². The Hall–Kier alpha value is -4.22. The van der Waals surface area contributed by atoms with Crippen molar-refractivity contribution in [2.24, 2.45) is 17.6 Å². The number of likely N-dealkylation sites (tertiary alicyclic amines) is 1. The van der Waals surface area contributed by atoms with Crippen LogP contribution in [0.15, 0.2) is 54.7 Å². The summed E-state index contributed by atoms with van der Waals surface area (Å²) >= 11 is 0. The maximum absolute atomic E-state index is 13.1. The highest BCUT2D eigenvalue weighted by Crippen LogP contribution is 2.50. The Bertz CT molecular complexity index is 1340. The first-order chi connectivity index (χ1) is 16.6. The van der Waals surface area contributed by atoms with Crippen LogP contribution in [0.2, 0.25) is 0 Å². The number of alkyl halides is 3. The number of nitrogens with two attached hydrogens (primary N) is 1. The molecule has 12 heteroatoms. The molecule has 182 valence electrons. The predicted molar refractivity (Wildman–Crippen MR) is 120 cm³/mol. The number of benzene rings is 2. The summed E-state index contributed by atoms with van der Waals surface area (Å²) in [5.74, 6) is -0.842. The standard InChI is InChI=1S/C23H20F3N5O4/c24-23(25,26)35-14-5-3-4-13(9-14)28-20(32)19-16-8-12(16)10-31(19)22(34)29-17-11-30(21(27)33)18-7-2-1-6-15(17)18/h1-7,9,11-12,16,19H,8,10H2,(H2,27,33)(H,28,32)(H,29,34)/t12-,16?,19-/m0/s1. The smallest absolute Gasteiger partial charge is 0.406 e. The highest BCUT2D eigenvalue weighted by molar-refractivity contribution is 6.06. The molecular formula is C23H20F3N5O4. The van der Waals surface area contributed by atoms with Gasteiger partial charge in [0.25, 0.3) is 0 Å². The molecule has 5 rings (SSSR count). The lowest BCUT2D eigenvalue weighted by molar-refractivity contribution is -0.274. The SMILES string of the molecule is NC(=O)n1cc(NC(=O)N2C[C@@H]3CC3[C@H]2C(=O)Nc2cccc(OC(F)(F)F)c2)c2ccccc21. The van der Waals surface area contributed by atoms with Crippen LogP contribution in [0.25, 0.3) is 10.9 Å². The number of aromatic nitrogens is 1. The van der Waals surface area contributed by atoms with E-state index in [2.05, 4.69) is 15.4 Å². The number of primary amides is 1. The molecule has 2 aliphatic rings. The Morgan fingerprint density at radius 3 is 2.57 bits per heavy atom. The van der Waals surface area contributed by atoms with Crippen molar-refractivity contribution in [1.82, 2.24) is 9.47 Å². The first-order valence-corrected chi connectivity index (χ1v) is 10.7. The number of hydrogen-bond acceptors (Lipinski definition) is 4. The van der Waals surface area contributed by atoms with E-state index < -0.39 is 36.1 Å². The minimum absolute atomic E-state index is 0.0395. The number of halogens is 3. The summed E-state index contributed by atoms with van der Waals surface area (Å²) in [6, 6.07) is 9.81. The second-order valence-corrected chi connectivity index (χ2v) is 8.52. The molecule has 1 aliphatic heterocycles. The molecule has 4 N–H and O–H groups in total. The molecule has 35 heavy (non-hydrogen) atoms. The topological polar surface area (TPSA) is 119 Å². The highest BCUT2D eigenvalue weighted by atomic mass is 19.4. The number of piperidine rings is 1. The lowest BCUT2D eigenvalue weighted by atomic mass is 10.1. The van der Waals surface area contributed by atoms with Gasteiger partial charge in [-0.25, -0.2) is 9.59 Å². The highest BCUT2D eigenvalue weighted by Gasteiger charge is 2.57. The molecule has 9 nitrogen and oxygen atoms in total. The van der Waals surface area contributed by atoms with Crippen LogP contribution < -0.4 is 21.1 Å². The molecule has 0 bridgehead atoms. The fraction of sp³-hybridized carbons (Fsp3) is 0.261. The van der Waals surface area contributed by atoms with Gasteiger partial charge in [-0.05, 0) is 36.5 Å². The molecule has 1 unspecified atom stereocenters. The molecule has 2 heterocycles. The van der Waals surface area contributed by atoms with E-state index in [1.165, 1.54) is 27.8 Å². The lowest BCUT2D eigenvalue weighted by Crippen LogP contribution is -2.47. The molecule has 0 radical (unpaired) electrons. The van der Waals surface area contributed by atoms with Crippen LogP contribution in [0.5, 0.6) is 5.75 Å². The molecule has 1 aromatic heterocycles. The van der Waals surface area contributed by atoms with Crippen molar-refractivity contribution in [3.8, 4) is 5.75 Å². The molecule has 1 saturated carbocycles. The fourth-order valence-corrected chi connectivity index (χ4v) is 4.65. The van der Waals surface area contributed by atoms with Gasteiger partial charge in [-0.3, -0.25) is 9.36 Å². The van der Waals surface area contributed by atoms with Crippen molar-refractivity contribution < 1.29 is 32.3 Å². The number of hydrogen-bond donors (Lipinski definition) is 3. The maximum atomic E-state index is 13.1. The summed E-state index contributed by atoms with van der Waals surface area (Å²) in [5.41, 5.74) is 6.43. The van der Waals surface area contributed by atoms with E-state index in [-0.39, 0.29) is 17.5 Å². The van der Waals surface area contributed by atoms with Crippen molar-refractivity contribution in [3.63, 3.8) is 0 Å². The van der Waals surface area contributed by atoms with Crippen LogP contribution in [0.4, 0.5) is 34.1 Å². The van der Waals surface area contributed by atoms with Crippen LogP contribution in [0, 0.1) is 11.8 Å². The summed E-state index contributed by atoms with van der Waals surface area (Å²) in [5, 5.41) is 5.95. The molecule has 3 aromatic rings. The Balaban J connectivity index is 1.33. The number of para-hydroxylation sites is 1. The Morgan fingerprint density at radius 1 is 1.06 bits per heavy atom. The number of carbonyl (C=O) groups excluding carboxylic acids is 3. The molecule has 1 aliphatic carbocycles. The molecule has 2 fully saturated rings. The Morgan fingerprint density at radius 2 is 1.83 bits per heavy atom. The zero-order valence-electron chi connectivity index (χ0n) is 18.1. The van der Waals surface area contributed by atoms with Gasteiger partial charge in [-0.15, -0.1) is 13.2 Å². The molecule has 2 aromatic carbocycles. The van der Waals surface area contributed by atoms with Crippen LogP contribution >= 0.6 is 0 Å². The molecule has 1 saturated heterocycles. The second kappa shape index (κ2) is 8.22. The zero-order chi connectivity index (χ0) is 24.9. The predicted octanol–water partition coefficient (Wildman–Crippen LogP) is 3.96. The van der Waals surface area contributed by atoms with Gasteiger partial charge in [0.05, 0.1) is 11.2 Å². The van der Waals surface area contributed by atoms with Gasteiger partial charge >= 0.3 is 18.4 Å². The number of rotatable bonds is 4. The van der Waals surface area contributed by atoms with Crippen molar-refractivity contribution in [1.29, 1.82) is 0 Å². The van der Waals surface area contributed by atoms with Crippen LogP contribution in [0.1, 0.15) is 6.42 Å². The molecule has 4 amide bonds. The number of carbonyl (C=O) groups is 3. The van der Waals surface area contributed by atoms with E-state index in [0.29, 0.717) is 23.1 Å². The monoisotopic (exact) mass is 487 g/mol. The molecule has 0 spiro atoms. The van der Waals surface area contributed by atoms with E-state index in [1.807, 2.05) is 0 Å². The molecule has 3 atom stereocenters. The van der Waals surface area contributed by atoms with Gasteiger partial charge in [-0.2, -0.15) is 0 Å². The quantitative estimate of drug-likeness (QED) is 0.516. The van der Waals surface area contributed by atoms with E-state index in [9.17, 15) is 27.6 Å². The zero-order valence-corrected chi connectivity index (χ0v) is 18.1. The van der Waals surface area contributed by atoms with Crippen molar-refractivity contribution in [2.45, 2.75) is 18.8 Å². The van der Waals surface area contributed by atoms with Crippen LogP contribution in [0.3, 0.4) is 0 Å². The Labute approximate surface area is 196 Å². The van der Waals surface area contributed by atoms with Crippen molar-refractivity contribution in [3.05, 3.63) is 54.7 Å². The third kappa shape index (κ3) is 4.46. The first-order valence-electron chi connectivity index (χ1n) is 10.7.